The predicted molar refractivity (Wildman–Crippen MR) is 57.9 cm³/mol. The largest absolute Gasteiger partial charge is 0.508 e. The van der Waals surface area contributed by atoms with Gasteiger partial charge in [-0.1, -0.05) is 25.8 Å². The van der Waals surface area contributed by atoms with Crippen molar-refractivity contribution >= 4 is 0 Å². The van der Waals surface area contributed by atoms with Crippen LogP contribution in [0.5, 0.6) is 11.5 Å². The van der Waals surface area contributed by atoms with Gasteiger partial charge in [-0.2, -0.15) is 0 Å². The van der Waals surface area contributed by atoms with Crippen LogP contribution in [0.2, 0.25) is 0 Å². The van der Waals surface area contributed by atoms with E-state index in [0.717, 1.165) is 18.4 Å². The minimum atomic E-state index is 0.348. The van der Waals surface area contributed by atoms with Gasteiger partial charge >= 0.3 is 0 Å². The molecular weight excluding hydrogens is 176 g/mol. The van der Waals surface area contributed by atoms with Crippen LogP contribution < -0.4 is 4.74 Å². The topological polar surface area (TPSA) is 29.5 Å². The van der Waals surface area contributed by atoms with Crippen molar-refractivity contribution in [1.82, 2.24) is 0 Å². The van der Waals surface area contributed by atoms with Gasteiger partial charge in [0.2, 0.25) is 0 Å². The van der Waals surface area contributed by atoms with Crippen LogP contribution in [0.25, 0.3) is 0 Å². The van der Waals surface area contributed by atoms with E-state index in [-0.39, 0.29) is 0 Å². The van der Waals surface area contributed by atoms with Gasteiger partial charge in [-0.05, 0) is 24.5 Å². The van der Waals surface area contributed by atoms with Crippen molar-refractivity contribution in [2.45, 2.75) is 32.6 Å². The summed E-state index contributed by atoms with van der Waals surface area (Å²) in [5.41, 5.74) is 1.01. The Kier molecular flexibility index (Phi) is 4.30. The summed E-state index contributed by atoms with van der Waals surface area (Å²) >= 11 is 0. The van der Waals surface area contributed by atoms with Crippen LogP contribution in [-0.4, -0.2) is 12.2 Å². The first-order valence-corrected chi connectivity index (χ1v) is 5.13. The van der Waals surface area contributed by atoms with E-state index in [9.17, 15) is 5.11 Å². The van der Waals surface area contributed by atoms with Crippen LogP contribution in [0.4, 0.5) is 0 Å². The molecule has 0 atom stereocenters. The quantitative estimate of drug-likeness (QED) is 0.730. The normalized spacial score (nSPS) is 10.1. The Bertz CT molecular complexity index is 282. The van der Waals surface area contributed by atoms with Crippen molar-refractivity contribution in [3.05, 3.63) is 23.8 Å². The highest BCUT2D eigenvalue weighted by molar-refractivity contribution is 5.39. The van der Waals surface area contributed by atoms with E-state index in [4.69, 9.17) is 4.74 Å². The molecule has 0 aromatic heterocycles. The lowest BCUT2D eigenvalue weighted by Crippen LogP contribution is -1.88. The summed E-state index contributed by atoms with van der Waals surface area (Å²) in [4.78, 5) is 0. The van der Waals surface area contributed by atoms with E-state index < -0.39 is 0 Å². The maximum atomic E-state index is 9.64. The molecule has 78 valence electrons. The third-order valence-electron chi connectivity index (χ3n) is 2.34. The molecule has 0 aliphatic carbocycles. The fourth-order valence-corrected chi connectivity index (χ4v) is 1.45. The Hall–Kier alpha value is -1.18. The zero-order valence-corrected chi connectivity index (χ0v) is 8.92. The number of methoxy groups -OCH3 is 1. The first kappa shape index (κ1) is 10.9. The van der Waals surface area contributed by atoms with Crippen molar-refractivity contribution < 1.29 is 9.84 Å². The Morgan fingerprint density at radius 1 is 1.29 bits per heavy atom. The SMILES string of the molecule is CCCCCc1ccc(OC)cc1O. The van der Waals surface area contributed by atoms with Gasteiger partial charge in [-0.15, -0.1) is 0 Å². The van der Waals surface area contributed by atoms with Gasteiger partial charge in [-0.3, -0.25) is 0 Å². The van der Waals surface area contributed by atoms with Crippen LogP contribution in [-0.2, 0) is 6.42 Å². The third-order valence-corrected chi connectivity index (χ3v) is 2.34. The Labute approximate surface area is 85.5 Å². The molecule has 0 aliphatic rings. The van der Waals surface area contributed by atoms with E-state index in [2.05, 4.69) is 6.92 Å². The number of hydrogen-bond acceptors (Lipinski definition) is 2. The van der Waals surface area contributed by atoms with Crippen LogP contribution in [0.3, 0.4) is 0 Å². The molecule has 0 saturated carbocycles. The molecule has 0 unspecified atom stereocenters. The molecule has 1 aromatic rings. The van der Waals surface area contributed by atoms with Gasteiger partial charge in [-0.25, -0.2) is 0 Å². The second-order valence-electron chi connectivity index (χ2n) is 3.45. The number of aryl methyl sites for hydroxylation is 1. The number of ether oxygens (including phenoxy) is 1. The Morgan fingerprint density at radius 2 is 2.07 bits per heavy atom. The molecule has 0 spiro atoms. The minimum Gasteiger partial charge on any atom is -0.508 e. The van der Waals surface area contributed by atoms with Gasteiger partial charge in [0, 0.05) is 6.07 Å². The molecule has 0 amide bonds. The smallest absolute Gasteiger partial charge is 0.122 e. The lowest BCUT2D eigenvalue weighted by molar-refractivity contribution is 0.406. The van der Waals surface area contributed by atoms with Crippen molar-refractivity contribution in [3.8, 4) is 11.5 Å². The summed E-state index contributed by atoms with van der Waals surface area (Å²) in [6.07, 6.45) is 4.50. The van der Waals surface area contributed by atoms with Gasteiger partial charge in [0.1, 0.15) is 11.5 Å². The molecule has 0 saturated heterocycles. The number of unbranched alkanes of at least 4 members (excludes halogenated alkanes) is 2. The van der Waals surface area contributed by atoms with E-state index >= 15 is 0 Å². The highest BCUT2D eigenvalue weighted by Gasteiger charge is 2.02. The van der Waals surface area contributed by atoms with Gasteiger partial charge in [0.15, 0.2) is 0 Å². The van der Waals surface area contributed by atoms with Crippen LogP contribution in [0, 0.1) is 0 Å². The lowest BCUT2D eigenvalue weighted by Gasteiger charge is -2.06. The van der Waals surface area contributed by atoms with Crippen molar-refractivity contribution in [1.29, 1.82) is 0 Å². The second-order valence-corrected chi connectivity index (χ2v) is 3.45. The van der Waals surface area contributed by atoms with Crippen molar-refractivity contribution in [2.75, 3.05) is 7.11 Å². The van der Waals surface area contributed by atoms with E-state index in [1.807, 2.05) is 12.1 Å². The van der Waals surface area contributed by atoms with Gasteiger partial charge in [0.25, 0.3) is 0 Å². The van der Waals surface area contributed by atoms with Gasteiger partial charge in [0.05, 0.1) is 7.11 Å². The molecule has 0 aliphatic heterocycles. The second kappa shape index (κ2) is 5.53. The number of rotatable bonds is 5. The summed E-state index contributed by atoms with van der Waals surface area (Å²) in [6.45, 7) is 2.17. The van der Waals surface area contributed by atoms with Crippen molar-refractivity contribution in [2.24, 2.45) is 0 Å². The van der Waals surface area contributed by atoms with Crippen LogP contribution >= 0.6 is 0 Å². The molecule has 2 nitrogen and oxygen atoms in total. The molecule has 14 heavy (non-hydrogen) atoms. The molecule has 0 radical (unpaired) electrons. The molecule has 1 aromatic carbocycles. The Balaban J connectivity index is 2.59. The maximum Gasteiger partial charge on any atom is 0.122 e. The number of benzene rings is 1. The zero-order valence-electron chi connectivity index (χ0n) is 8.92. The van der Waals surface area contributed by atoms with E-state index in [1.54, 1.807) is 13.2 Å². The average Bonchev–Trinajstić information content (AvgIpc) is 2.20. The molecular formula is C12H18O2. The first-order valence-electron chi connectivity index (χ1n) is 5.13. The number of phenols is 1. The van der Waals surface area contributed by atoms with E-state index in [0.29, 0.717) is 11.5 Å². The molecule has 2 heteroatoms. The Morgan fingerprint density at radius 3 is 2.64 bits per heavy atom. The highest BCUT2D eigenvalue weighted by atomic mass is 16.5. The van der Waals surface area contributed by atoms with Crippen LogP contribution in [0.15, 0.2) is 18.2 Å². The fourth-order valence-electron chi connectivity index (χ4n) is 1.45. The first-order chi connectivity index (χ1) is 6.77. The lowest BCUT2D eigenvalue weighted by atomic mass is 10.1. The zero-order chi connectivity index (χ0) is 10.4. The summed E-state index contributed by atoms with van der Waals surface area (Å²) in [7, 11) is 1.60. The summed E-state index contributed by atoms with van der Waals surface area (Å²) < 4.78 is 5.02. The summed E-state index contributed by atoms with van der Waals surface area (Å²) in [5.74, 6) is 1.06. The number of hydrogen-bond donors (Lipinski definition) is 1. The fraction of sp³-hybridized carbons (Fsp3) is 0.500. The summed E-state index contributed by atoms with van der Waals surface area (Å²) in [5, 5.41) is 9.64. The average molecular weight is 194 g/mol. The third kappa shape index (κ3) is 2.95. The number of phenolic OH excluding ortho intramolecular Hbond substituents is 1. The molecule has 0 heterocycles. The minimum absolute atomic E-state index is 0.348. The standard InChI is InChI=1S/C12H18O2/c1-3-4-5-6-10-7-8-11(14-2)9-12(10)13/h7-9,13H,3-6H2,1-2H3. The predicted octanol–water partition coefficient (Wildman–Crippen LogP) is 3.13. The summed E-state index contributed by atoms with van der Waals surface area (Å²) in [6, 6.07) is 5.49. The molecule has 0 fully saturated rings. The maximum absolute atomic E-state index is 9.64. The number of aromatic hydroxyl groups is 1. The molecule has 0 bridgehead atoms. The molecule has 1 N–H and O–H groups in total. The van der Waals surface area contributed by atoms with Gasteiger partial charge < -0.3 is 9.84 Å². The highest BCUT2D eigenvalue weighted by Crippen LogP contribution is 2.24. The monoisotopic (exact) mass is 194 g/mol. The van der Waals surface area contributed by atoms with Crippen molar-refractivity contribution in [3.63, 3.8) is 0 Å². The van der Waals surface area contributed by atoms with E-state index in [1.165, 1.54) is 12.8 Å². The van der Waals surface area contributed by atoms with Crippen LogP contribution in [0.1, 0.15) is 31.7 Å². The molecule has 1 rings (SSSR count).